The van der Waals surface area contributed by atoms with E-state index in [4.69, 9.17) is 71.1 Å². The average molecular weight is 1480 g/mol. The van der Waals surface area contributed by atoms with E-state index >= 15 is 0 Å². The van der Waals surface area contributed by atoms with Crippen LogP contribution in [0.5, 0.6) is 0 Å². The molecule has 44 nitrogen and oxygen atoms in total. The Morgan fingerprint density at radius 1 is 0.267 bits per heavy atom. The normalized spacial score (nSPS) is 48.3. The predicted molar refractivity (Wildman–Crippen MR) is 314 cm³/mol. The minimum atomic E-state index is -2.50. The number of carbonyl (C=O) groups is 4. The molecule has 8 rings (SSSR count). The van der Waals surface area contributed by atoms with Crippen LogP contribution < -0.4 is 21.3 Å². The van der Waals surface area contributed by atoms with Gasteiger partial charge in [0.05, 0.1) is 65.0 Å². The van der Waals surface area contributed by atoms with Gasteiger partial charge in [-0.1, -0.05) is 0 Å². The number of aliphatic hydroxyl groups excluding tert-OH is 21. The zero-order valence-corrected chi connectivity index (χ0v) is 54.9. The minimum Gasteiger partial charge on any atom is -0.394 e. The first kappa shape index (κ1) is 83.1. The summed E-state index contributed by atoms with van der Waals surface area (Å²) < 4.78 is 89.4. The molecule has 4 amide bonds. The maximum Gasteiger partial charge on any atom is 0.217 e. The molecule has 0 spiro atoms. The topological polar surface area (TPSA) is 680 Å². The molecule has 0 aromatic carbocycles. The molecule has 25 N–H and O–H groups in total. The smallest absolute Gasteiger partial charge is 0.217 e. The Bertz CT molecular complexity index is 2640. The standard InChI is InChI=1S/C57H96N4O40/c1-14-27(58-15(2)69)37(79)45(23(10-66)88-14)96-52-29(60-17(4)71)38(80)47(25(12-68)93-52)98-55-44(86)48(35(77)26(95-55)13-87-56-49(41(83)33(75)21(8-64)91-56)100-51-28(59-16(3)70)36(78)31(73)19(6-62)89-51)99-57-50(42(84)34(76)22(9-65)92-57)101-53-30(61-18(5)72)39(81)46(24(11-67)94-53)97-54-43(85)40(82)32(74)20(7-63)90-54/h14,19-57,62-68,73-86H,6-13H2,1-5H3,(H,58,69)(H,59,70)(H,60,71)(H,61,72)/t14-,19-,20?,21?,22+,23?,24?,25?,26?,27?,28?,29?,30?,31+,32-,33+,34+,35+,36?,37+,38+,39+,40-,41-,42?,43?,44?,45+,46+,47+,48-,49?,50?,51-,52-,53-,54-,55-,56-,57+/m0/s1. The van der Waals surface area contributed by atoms with Gasteiger partial charge < -0.3 is 200 Å². The van der Waals surface area contributed by atoms with Gasteiger partial charge in [-0.3, -0.25) is 19.2 Å². The molecule has 8 aliphatic rings. The Hall–Kier alpha value is -3.56. The van der Waals surface area contributed by atoms with Gasteiger partial charge in [-0.25, -0.2) is 0 Å². The summed E-state index contributed by atoms with van der Waals surface area (Å²) in [5.74, 6) is -3.23. The third-order valence-corrected chi connectivity index (χ3v) is 18.5. The fraction of sp³-hybridized carbons (Fsp3) is 0.930. The average Bonchev–Trinajstić information content (AvgIpc) is 0.773. The van der Waals surface area contributed by atoms with Gasteiger partial charge in [-0.2, -0.15) is 0 Å². The highest BCUT2D eigenvalue weighted by atomic mass is 16.8. The summed E-state index contributed by atoms with van der Waals surface area (Å²) in [4.78, 5) is 50.4. The first-order valence-corrected chi connectivity index (χ1v) is 32.4. The van der Waals surface area contributed by atoms with E-state index < -0.39 is 322 Å². The summed E-state index contributed by atoms with van der Waals surface area (Å²) in [5, 5.41) is 242. The Morgan fingerprint density at radius 2 is 0.554 bits per heavy atom. The Balaban J connectivity index is 1.14. The molecule has 8 saturated heterocycles. The highest BCUT2D eigenvalue weighted by molar-refractivity contribution is 5.74. The van der Waals surface area contributed by atoms with Gasteiger partial charge in [0.15, 0.2) is 44.0 Å². The van der Waals surface area contributed by atoms with Crippen molar-refractivity contribution in [2.75, 3.05) is 52.9 Å². The lowest BCUT2D eigenvalue weighted by Crippen LogP contribution is -2.71. The summed E-state index contributed by atoms with van der Waals surface area (Å²) in [6.45, 7) is -2.66. The van der Waals surface area contributed by atoms with Crippen molar-refractivity contribution in [3.63, 3.8) is 0 Å². The van der Waals surface area contributed by atoms with E-state index in [2.05, 4.69) is 21.3 Å². The van der Waals surface area contributed by atoms with Gasteiger partial charge in [-0.15, -0.1) is 0 Å². The van der Waals surface area contributed by atoms with E-state index in [0.29, 0.717) is 0 Å². The molecule has 0 radical (unpaired) electrons. The largest absolute Gasteiger partial charge is 0.394 e. The minimum absolute atomic E-state index is 0.610. The van der Waals surface area contributed by atoms with E-state index in [1.807, 2.05) is 0 Å². The van der Waals surface area contributed by atoms with Crippen molar-refractivity contribution < 1.29 is 197 Å². The van der Waals surface area contributed by atoms with E-state index in [0.717, 1.165) is 27.7 Å². The molecule has 101 heavy (non-hydrogen) atoms. The quantitative estimate of drug-likeness (QED) is 0.0382. The van der Waals surface area contributed by atoms with Gasteiger partial charge >= 0.3 is 0 Å². The number of carbonyl (C=O) groups excluding carboxylic acids is 4. The Kier molecular flexibility index (Phi) is 29.9. The number of aliphatic hydroxyl groups is 21. The molecule has 0 bridgehead atoms. The highest BCUT2D eigenvalue weighted by Crippen LogP contribution is 2.39. The highest BCUT2D eigenvalue weighted by Gasteiger charge is 2.60. The molecule has 40 atom stereocenters. The second kappa shape index (κ2) is 36.4. The van der Waals surface area contributed by atoms with E-state index in [-0.39, 0.29) is 0 Å². The van der Waals surface area contributed by atoms with Crippen LogP contribution in [0.1, 0.15) is 34.6 Å². The lowest BCUT2D eigenvalue weighted by Gasteiger charge is -2.51. The van der Waals surface area contributed by atoms with Crippen LogP contribution in [0, 0.1) is 0 Å². The Morgan fingerprint density at radius 3 is 0.980 bits per heavy atom. The molecule has 8 fully saturated rings. The molecule has 0 aromatic heterocycles. The number of rotatable bonds is 26. The van der Waals surface area contributed by atoms with E-state index in [1.54, 1.807) is 0 Å². The molecule has 0 saturated carbocycles. The third kappa shape index (κ3) is 18.5. The molecule has 16 unspecified atom stereocenters. The summed E-state index contributed by atoms with van der Waals surface area (Å²) in [6, 6.07) is -6.61. The molecule has 0 aromatic rings. The third-order valence-electron chi connectivity index (χ3n) is 18.5. The molecule has 8 heterocycles. The van der Waals surface area contributed by atoms with Crippen LogP contribution in [0.4, 0.5) is 0 Å². The van der Waals surface area contributed by atoms with Crippen LogP contribution in [0.2, 0.25) is 0 Å². The van der Waals surface area contributed by atoms with Crippen molar-refractivity contribution in [2.24, 2.45) is 0 Å². The number of hydrogen-bond acceptors (Lipinski definition) is 40. The Labute approximate surface area is 573 Å². The number of ether oxygens (including phenoxy) is 15. The van der Waals surface area contributed by atoms with Crippen LogP contribution in [-0.4, -0.2) is 429 Å². The second-order valence-electron chi connectivity index (χ2n) is 25.7. The van der Waals surface area contributed by atoms with Gasteiger partial charge in [0, 0.05) is 27.7 Å². The van der Waals surface area contributed by atoms with Crippen LogP contribution in [-0.2, 0) is 90.2 Å². The SMILES string of the molecule is CC(=O)NC1C(O)[C@H](O)[C@H](CO)O[C@H]1OC1[C@@H](OCC2O[C@@H](O[C@@H]3C(CO)O[C@@H](O[C@@H]4C(CO)O[C@@H](C)C(NC(C)=O)[C@H]4O)C(NC(C)=O)[C@H]3O)C(O)[C@@H](O[C@H]3O[C@H](CO)[C@@H](O)C(O)C3O[C@@H]3OC(CO)[C@@H](O[C@@H]4OC(CO)[C@H](O)[C@H](O)C4O)[C@H](O)C3NC(C)=O)[C@@H]2O)OC(CO)[C@@H](O)[C@@H]1O. The summed E-state index contributed by atoms with van der Waals surface area (Å²) in [5.41, 5.74) is 0. The maximum absolute atomic E-state index is 12.9. The van der Waals surface area contributed by atoms with Crippen molar-refractivity contribution in [1.29, 1.82) is 0 Å². The number of amides is 4. The van der Waals surface area contributed by atoms with E-state index in [1.165, 1.54) is 6.92 Å². The molecular weight excluding hydrogens is 1380 g/mol. The van der Waals surface area contributed by atoms with Crippen molar-refractivity contribution in [3.8, 4) is 0 Å². The first-order valence-electron chi connectivity index (χ1n) is 32.4. The molecular formula is C57H96N4O40. The van der Waals surface area contributed by atoms with Crippen molar-refractivity contribution in [3.05, 3.63) is 0 Å². The zero-order valence-electron chi connectivity index (χ0n) is 54.9. The van der Waals surface area contributed by atoms with Gasteiger partial charge in [0.25, 0.3) is 0 Å². The number of hydrogen-bond donors (Lipinski definition) is 25. The molecule has 584 valence electrons. The number of nitrogens with one attached hydrogen (secondary N) is 4. The van der Waals surface area contributed by atoms with Gasteiger partial charge in [-0.05, 0) is 6.92 Å². The maximum atomic E-state index is 12.9. The monoisotopic (exact) mass is 1480 g/mol. The summed E-state index contributed by atoms with van der Waals surface area (Å²) in [7, 11) is 0. The van der Waals surface area contributed by atoms with Crippen LogP contribution in [0.25, 0.3) is 0 Å². The fourth-order valence-electron chi connectivity index (χ4n) is 13.2. The molecule has 8 aliphatic heterocycles. The van der Waals surface area contributed by atoms with Gasteiger partial charge in [0.1, 0.15) is 189 Å². The molecule has 44 heteroatoms. The first-order chi connectivity index (χ1) is 47.8. The molecule has 0 aliphatic carbocycles. The van der Waals surface area contributed by atoms with Crippen LogP contribution >= 0.6 is 0 Å². The predicted octanol–water partition coefficient (Wildman–Crippen LogP) is -16.8. The van der Waals surface area contributed by atoms with E-state index in [9.17, 15) is 126 Å². The van der Waals surface area contributed by atoms with Crippen LogP contribution in [0.3, 0.4) is 0 Å². The van der Waals surface area contributed by atoms with Crippen molar-refractivity contribution in [2.45, 2.75) is 280 Å². The van der Waals surface area contributed by atoms with Crippen molar-refractivity contribution >= 4 is 23.6 Å². The lowest BCUT2D eigenvalue weighted by atomic mass is 9.92. The zero-order chi connectivity index (χ0) is 74.5. The van der Waals surface area contributed by atoms with Gasteiger partial charge in [0.2, 0.25) is 23.6 Å². The summed E-state index contributed by atoms with van der Waals surface area (Å²) in [6.07, 6.45) is -71.3. The second-order valence-corrected chi connectivity index (χ2v) is 25.7. The van der Waals surface area contributed by atoms with Crippen LogP contribution in [0.15, 0.2) is 0 Å². The summed E-state index contributed by atoms with van der Waals surface area (Å²) >= 11 is 0. The van der Waals surface area contributed by atoms with Crippen molar-refractivity contribution in [1.82, 2.24) is 21.3 Å². The lowest BCUT2D eigenvalue weighted by molar-refractivity contribution is -0.398. The fourth-order valence-corrected chi connectivity index (χ4v) is 13.2.